The van der Waals surface area contributed by atoms with E-state index in [1.807, 2.05) is 6.92 Å². The maximum atomic E-state index is 11.5. The normalized spacial score (nSPS) is 26.3. The molecule has 1 aliphatic heterocycles. The number of hydrogen-bond donors (Lipinski definition) is 1. The van der Waals surface area contributed by atoms with Crippen molar-refractivity contribution >= 4 is 10.2 Å². The topological polar surface area (TPSA) is 49.4 Å². The second-order valence-corrected chi connectivity index (χ2v) is 4.81. The molecule has 0 aromatic heterocycles. The fourth-order valence-electron chi connectivity index (χ4n) is 1.53. The number of nitrogens with zero attached hydrogens (tertiary/aromatic N) is 1. The van der Waals surface area contributed by atoms with E-state index in [0.29, 0.717) is 13.1 Å². The zero-order chi connectivity index (χ0) is 9.19. The number of hydrogen-bond acceptors (Lipinski definition) is 2. The van der Waals surface area contributed by atoms with Crippen LogP contribution in [0.5, 0.6) is 0 Å². The van der Waals surface area contributed by atoms with Gasteiger partial charge in [-0.25, -0.2) is 4.72 Å². The van der Waals surface area contributed by atoms with E-state index in [4.69, 9.17) is 0 Å². The zero-order valence-corrected chi connectivity index (χ0v) is 8.39. The minimum Gasteiger partial charge on any atom is -0.202 e. The Hall–Kier alpha value is -0.130. The van der Waals surface area contributed by atoms with Crippen LogP contribution in [0.2, 0.25) is 0 Å². The van der Waals surface area contributed by atoms with Crippen molar-refractivity contribution in [2.45, 2.75) is 32.7 Å². The summed E-state index contributed by atoms with van der Waals surface area (Å²) in [7, 11) is -3.18. The Kier molecular flexibility index (Phi) is 3.09. The first-order valence-corrected chi connectivity index (χ1v) is 5.78. The molecule has 1 atom stereocenters. The van der Waals surface area contributed by atoms with Gasteiger partial charge in [-0.1, -0.05) is 6.92 Å². The van der Waals surface area contributed by atoms with Crippen LogP contribution >= 0.6 is 0 Å². The summed E-state index contributed by atoms with van der Waals surface area (Å²) in [6, 6.07) is 0.161. The summed E-state index contributed by atoms with van der Waals surface area (Å²) in [6.45, 7) is 4.86. The monoisotopic (exact) mass is 192 g/mol. The molecule has 0 bridgehead atoms. The van der Waals surface area contributed by atoms with Gasteiger partial charge in [0.05, 0.1) is 0 Å². The van der Waals surface area contributed by atoms with Crippen LogP contribution in [0.3, 0.4) is 0 Å². The molecule has 1 saturated heterocycles. The van der Waals surface area contributed by atoms with Crippen molar-refractivity contribution in [3.63, 3.8) is 0 Å². The maximum absolute atomic E-state index is 11.5. The smallest absolute Gasteiger partial charge is 0.202 e. The van der Waals surface area contributed by atoms with Gasteiger partial charge in [0.1, 0.15) is 0 Å². The highest BCUT2D eigenvalue weighted by Gasteiger charge is 2.30. The molecule has 4 nitrogen and oxygen atoms in total. The van der Waals surface area contributed by atoms with Gasteiger partial charge in [0.2, 0.25) is 0 Å². The summed E-state index contributed by atoms with van der Waals surface area (Å²) < 4.78 is 26.9. The van der Waals surface area contributed by atoms with Crippen LogP contribution in [0.15, 0.2) is 0 Å². The molecule has 0 spiro atoms. The average Bonchev–Trinajstić information content (AvgIpc) is 2.35. The van der Waals surface area contributed by atoms with E-state index in [9.17, 15) is 8.42 Å². The van der Waals surface area contributed by atoms with Crippen LogP contribution < -0.4 is 4.72 Å². The van der Waals surface area contributed by atoms with Crippen LogP contribution in [0.25, 0.3) is 0 Å². The zero-order valence-electron chi connectivity index (χ0n) is 7.58. The van der Waals surface area contributed by atoms with Crippen LogP contribution in [-0.4, -0.2) is 31.9 Å². The van der Waals surface area contributed by atoms with Gasteiger partial charge in [-0.3, -0.25) is 0 Å². The molecule has 0 aromatic rings. The molecule has 1 aliphatic rings. The first kappa shape index (κ1) is 9.95. The second-order valence-electron chi connectivity index (χ2n) is 3.10. The van der Waals surface area contributed by atoms with Gasteiger partial charge in [-0.15, -0.1) is 0 Å². The summed E-state index contributed by atoms with van der Waals surface area (Å²) in [6.07, 6.45) is 1.95. The van der Waals surface area contributed by atoms with Crippen LogP contribution in [0, 0.1) is 0 Å². The lowest BCUT2D eigenvalue weighted by atomic mass is 10.3. The predicted octanol–water partition coefficient (Wildman–Crippen LogP) is 0.325. The van der Waals surface area contributed by atoms with E-state index in [-0.39, 0.29) is 6.04 Å². The molecule has 0 aromatic carbocycles. The lowest BCUT2D eigenvalue weighted by Gasteiger charge is -2.20. The summed E-state index contributed by atoms with van der Waals surface area (Å²) >= 11 is 0. The SMILES string of the molecule is CCNS(=O)(=O)N1CCCC1C. The Morgan fingerprint density at radius 1 is 1.58 bits per heavy atom. The van der Waals surface area contributed by atoms with Gasteiger partial charge >= 0.3 is 0 Å². The first-order valence-electron chi connectivity index (χ1n) is 4.34. The minimum absolute atomic E-state index is 0.161. The molecule has 0 amide bonds. The van der Waals surface area contributed by atoms with Gasteiger partial charge in [-0.2, -0.15) is 12.7 Å². The summed E-state index contributed by atoms with van der Waals surface area (Å²) in [5.41, 5.74) is 0. The quantitative estimate of drug-likeness (QED) is 0.700. The van der Waals surface area contributed by atoms with Crippen molar-refractivity contribution in [3.05, 3.63) is 0 Å². The highest BCUT2D eigenvalue weighted by atomic mass is 32.2. The highest BCUT2D eigenvalue weighted by molar-refractivity contribution is 7.87. The molecule has 1 rings (SSSR count). The molecule has 12 heavy (non-hydrogen) atoms. The molecule has 1 unspecified atom stereocenters. The molecule has 72 valence electrons. The second kappa shape index (κ2) is 3.72. The van der Waals surface area contributed by atoms with Gasteiger partial charge < -0.3 is 0 Å². The Morgan fingerprint density at radius 3 is 2.67 bits per heavy atom. The molecular formula is C7H16N2O2S. The van der Waals surface area contributed by atoms with E-state index in [0.717, 1.165) is 12.8 Å². The van der Waals surface area contributed by atoms with E-state index >= 15 is 0 Å². The predicted molar refractivity (Wildman–Crippen MR) is 48.0 cm³/mol. The van der Waals surface area contributed by atoms with Gasteiger partial charge in [0.15, 0.2) is 0 Å². The average molecular weight is 192 g/mol. The Balaban J connectivity index is 2.68. The standard InChI is InChI=1S/C7H16N2O2S/c1-3-8-12(10,11)9-6-4-5-7(9)2/h7-8H,3-6H2,1-2H3. The van der Waals surface area contributed by atoms with E-state index in [1.165, 1.54) is 4.31 Å². The van der Waals surface area contributed by atoms with Gasteiger partial charge in [0, 0.05) is 19.1 Å². The fraction of sp³-hybridized carbons (Fsp3) is 1.00. The molecule has 0 saturated carbocycles. The lowest BCUT2D eigenvalue weighted by Crippen LogP contribution is -2.42. The van der Waals surface area contributed by atoms with Crippen molar-refractivity contribution in [1.29, 1.82) is 0 Å². The largest absolute Gasteiger partial charge is 0.279 e. The van der Waals surface area contributed by atoms with Crippen molar-refractivity contribution in [2.75, 3.05) is 13.1 Å². The Labute approximate surface area is 74.1 Å². The van der Waals surface area contributed by atoms with Crippen molar-refractivity contribution in [1.82, 2.24) is 9.03 Å². The molecule has 5 heteroatoms. The molecule has 0 aliphatic carbocycles. The fourth-order valence-corrected chi connectivity index (χ4v) is 3.01. The molecule has 0 radical (unpaired) electrons. The maximum Gasteiger partial charge on any atom is 0.279 e. The van der Waals surface area contributed by atoms with E-state index in [1.54, 1.807) is 6.92 Å². The molecule has 1 heterocycles. The third kappa shape index (κ3) is 1.97. The van der Waals surface area contributed by atoms with Crippen LogP contribution in [0.1, 0.15) is 26.7 Å². The van der Waals surface area contributed by atoms with Crippen molar-refractivity contribution < 1.29 is 8.42 Å². The van der Waals surface area contributed by atoms with E-state index in [2.05, 4.69) is 4.72 Å². The van der Waals surface area contributed by atoms with Crippen LogP contribution in [-0.2, 0) is 10.2 Å². The Morgan fingerprint density at radius 2 is 2.25 bits per heavy atom. The highest BCUT2D eigenvalue weighted by Crippen LogP contribution is 2.18. The van der Waals surface area contributed by atoms with Crippen molar-refractivity contribution in [2.24, 2.45) is 0 Å². The van der Waals surface area contributed by atoms with Gasteiger partial charge in [-0.05, 0) is 19.8 Å². The molecule has 1 fully saturated rings. The summed E-state index contributed by atoms with van der Waals surface area (Å²) in [4.78, 5) is 0. The third-order valence-electron chi connectivity index (χ3n) is 2.13. The lowest BCUT2D eigenvalue weighted by molar-refractivity contribution is 0.401. The summed E-state index contributed by atoms with van der Waals surface area (Å²) in [5.74, 6) is 0. The van der Waals surface area contributed by atoms with Crippen LogP contribution in [0.4, 0.5) is 0 Å². The summed E-state index contributed by atoms with van der Waals surface area (Å²) in [5, 5.41) is 0. The number of rotatable bonds is 3. The van der Waals surface area contributed by atoms with Gasteiger partial charge in [0.25, 0.3) is 10.2 Å². The van der Waals surface area contributed by atoms with E-state index < -0.39 is 10.2 Å². The molecule has 1 N–H and O–H groups in total. The Bertz CT molecular complexity index is 238. The molecular weight excluding hydrogens is 176 g/mol. The van der Waals surface area contributed by atoms with Crippen molar-refractivity contribution in [3.8, 4) is 0 Å². The minimum atomic E-state index is -3.18. The first-order chi connectivity index (χ1) is 5.58. The number of nitrogens with one attached hydrogen (secondary N) is 1. The third-order valence-corrected chi connectivity index (χ3v) is 3.94.